The van der Waals surface area contributed by atoms with Gasteiger partial charge in [0, 0.05) is 0 Å². The van der Waals surface area contributed by atoms with Gasteiger partial charge < -0.3 is 4.81 Å². The van der Waals surface area contributed by atoms with Crippen LogP contribution in [0.4, 0.5) is 0 Å². The van der Waals surface area contributed by atoms with Gasteiger partial charge in [-0.15, -0.1) is 0 Å². The maximum Gasteiger partial charge on any atom is 0.226 e. The summed E-state index contributed by atoms with van der Waals surface area (Å²) in [4.78, 5) is 22.8. The van der Waals surface area contributed by atoms with E-state index in [1.807, 2.05) is 0 Å². The molecule has 6 heteroatoms. The minimum absolute atomic E-state index is 0.116. The quantitative estimate of drug-likeness (QED) is 0.233. The molecule has 56 valence electrons. The van der Waals surface area contributed by atoms with Crippen LogP contribution in [0, 0.1) is 0 Å². The first-order valence-corrected chi connectivity index (χ1v) is 3.35. The van der Waals surface area contributed by atoms with Gasteiger partial charge in [0.1, 0.15) is 22.0 Å². The van der Waals surface area contributed by atoms with Gasteiger partial charge in [-0.1, -0.05) is 5.47 Å². The van der Waals surface area contributed by atoms with Crippen molar-refractivity contribution >= 4 is 35.9 Å². The highest BCUT2D eigenvalue weighted by molar-refractivity contribution is 6.47. The second-order valence-corrected chi connectivity index (χ2v) is 2.63. The molecule has 0 heterocycles. The maximum absolute atomic E-state index is 11.2. The molecule has 0 aromatic rings. The number of allylic oxidation sites excluding steroid dienone is 1. The molecule has 0 aliphatic heterocycles. The number of hydrogen-bond acceptors (Lipinski definition) is 2. The van der Waals surface area contributed by atoms with Crippen LogP contribution >= 0.6 is 0 Å². The van der Waals surface area contributed by atoms with Gasteiger partial charge >= 0.3 is 0 Å². The Balaban J connectivity index is 4.60. The third-order valence-corrected chi connectivity index (χ3v) is 1.50. The molecule has 0 bridgehead atoms. The van der Waals surface area contributed by atoms with Gasteiger partial charge in [-0.25, -0.2) is 0 Å². The van der Waals surface area contributed by atoms with Crippen LogP contribution in [0.5, 0.6) is 0 Å². The summed E-state index contributed by atoms with van der Waals surface area (Å²) in [6.45, 7) is 0. The summed E-state index contributed by atoms with van der Waals surface area (Å²) in [7, 11) is 6.59. The Labute approximate surface area is 69.1 Å². The molecule has 3 nitrogen and oxygen atoms in total. The maximum atomic E-state index is 11.2. The number of rotatable bonds is 2. The molecular formula is C5H10B3NO2. The van der Waals surface area contributed by atoms with Gasteiger partial charge in [-0.05, 0) is 12.5 Å². The molecule has 0 aromatic carbocycles. The highest BCUT2D eigenvalue weighted by Gasteiger charge is 2.07. The molecule has 0 unspecified atom stereocenters. The van der Waals surface area contributed by atoms with E-state index in [1.54, 1.807) is 30.7 Å². The van der Waals surface area contributed by atoms with Crippen LogP contribution in [0.15, 0.2) is 10.9 Å². The highest BCUT2D eigenvalue weighted by Crippen LogP contribution is 1.96. The van der Waals surface area contributed by atoms with Crippen molar-refractivity contribution in [3.05, 3.63) is 10.9 Å². The summed E-state index contributed by atoms with van der Waals surface area (Å²) in [6.07, 6.45) is 0.691. The van der Waals surface area contributed by atoms with E-state index in [-0.39, 0.29) is 5.91 Å². The predicted octanol–water partition coefficient (Wildman–Crippen LogP) is -3.33. The van der Waals surface area contributed by atoms with E-state index in [9.17, 15) is 9.59 Å². The number of nitrogens with zero attached hydrogens (tertiary/aromatic N) is 1. The lowest BCUT2D eigenvalue weighted by atomic mass is 9.80. The normalized spacial score (nSPS) is 11.7. The Morgan fingerprint density at radius 1 is 1.45 bits per heavy atom. The zero-order valence-corrected chi connectivity index (χ0v) is 7.34. The number of amides is 1. The monoisotopic (exact) mass is 149 g/mol. The molecule has 0 aromatic heterocycles. The van der Waals surface area contributed by atoms with E-state index in [0.29, 0.717) is 17.2 Å². The summed E-state index contributed by atoms with van der Waals surface area (Å²) in [5.41, 5.74) is 0.994. The molecule has 0 aliphatic carbocycles. The molecular weight excluding hydrogens is 138 g/mol. The number of likely N-dealkylation sites (N-methyl/N-ethyl adjacent to an activating group) is 1. The van der Waals surface area contributed by atoms with Gasteiger partial charge in [0.2, 0.25) is 13.9 Å². The summed E-state index contributed by atoms with van der Waals surface area (Å²) >= 11 is 0. The molecule has 0 fully saturated rings. The molecule has 0 saturated heterocycles. The Morgan fingerprint density at radius 2 is 1.91 bits per heavy atom. The van der Waals surface area contributed by atoms with Crippen molar-refractivity contribution in [2.75, 3.05) is 7.05 Å². The Morgan fingerprint density at radius 3 is 2.18 bits per heavy atom. The van der Waals surface area contributed by atoms with E-state index in [4.69, 9.17) is 0 Å². The lowest BCUT2D eigenvalue weighted by Crippen LogP contribution is -2.26. The van der Waals surface area contributed by atoms with Crippen molar-refractivity contribution in [3.63, 3.8) is 0 Å². The molecule has 0 radical (unpaired) electrons. The Hall–Kier alpha value is -0.925. The van der Waals surface area contributed by atoms with E-state index in [0.717, 1.165) is 0 Å². The lowest BCUT2D eigenvalue weighted by Gasteiger charge is -2.11. The minimum atomic E-state index is -0.116. The first-order chi connectivity index (χ1) is 5.00. The molecule has 0 N–H and O–H groups in total. The van der Waals surface area contributed by atoms with E-state index in [1.165, 1.54) is 4.81 Å². The van der Waals surface area contributed by atoms with Crippen molar-refractivity contribution in [1.29, 1.82) is 0 Å². The van der Waals surface area contributed by atoms with Crippen molar-refractivity contribution in [2.24, 2.45) is 0 Å². The fourth-order valence-electron chi connectivity index (χ4n) is 0.592. The summed E-state index contributed by atoms with van der Waals surface area (Å²) in [6, 6.07) is 0. The molecule has 0 atom stereocenters. The number of hydrogen-bond donors (Lipinski definition) is 0. The largest absolute Gasteiger partial charge is 0.393 e. The van der Waals surface area contributed by atoms with Gasteiger partial charge in [0.05, 0.1) is 0 Å². The van der Waals surface area contributed by atoms with Gasteiger partial charge in [-0.2, -0.15) is 0 Å². The Bertz CT molecular complexity index is 212. The van der Waals surface area contributed by atoms with Crippen LogP contribution in [0.25, 0.3) is 0 Å². The molecule has 0 aliphatic rings. The topological polar surface area (TPSA) is 37.4 Å². The second kappa shape index (κ2) is 4.06. The zero-order chi connectivity index (χ0) is 9.02. The van der Waals surface area contributed by atoms with Crippen molar-refractivity contribution in [2.45, 2.75) is 0 Å². The number of carbonyl (C=O) groups excluding carboxylic acids is 2. The lowest BCUT2D eigenvalue weighted by molar-refractivity contribution is -0.121. The molecule has 1 amide bonds. The van der Waals surface area contributed by atoms with E-state index < -0.39 is 0 Å². The molecule has 11 heavy (non-hydrogen) atoms. The summed E-state index contributed by atoms with van der Waals surface area (Å²) in [5.74, 6) is -0.116. The smallest absolute Gasteiger partial charge is 0.226 e. The first-order valence-electron chi connectivity index (χ1n) is 3.35. The molecule has 0 spiro atoms. The fraction of sp³-hybridized carbons (Fsp3) is 0.200. The van der Waals surface area contributed by atoms with Gasteiger partial charge in [0.15, 0.2) is 0 Å². The van der Waals surface area contributed by atoms with Crippen molar-refractivity contribution in [1.82, 2.24) is 4.81 Å². The second-order valence-electron chi connectivity index (χ2n) is 2.63. The third-order valence-electron chi connectivity index (χ3n) is 1.50. The first kappa shape index (κ1) is 10.1. The highest BCUT2D eigenvalue weighted by atomic mass is 16.2. The zero-order valence-electron chi connectivity index (χ0n) is 7.34. The SMILES string of the molecule is B/C(C=O)=C(\B)C(=O)N(B)C. The summed E-state index contributed by atoms with van der Waals surface area (Å²) < 4.78 is 0. The van der Waals surface area contributed by atoms with Crippen LogP contribution in [0.1, 0.15) is 0 Å². The van der Waals surface area contributed by atoms with E-state index >= 15 is 0 Å². The van der Waals surface area contributed by atoms with Gasteiger partial charge in [-0.3, -0.25) is 9.59 Å². The average Bonchev–Trinajstić information content (AvgIpc) is 2.00. The van der Waals surface area contributed by atoms with Gasteiger partial charge in [0.25, 0.3) is 0 Å². The third kappa shape index (κ3) is 2.66. The van der Waals surface area contributed by atoms with E-state index in [2.05, 4.69) is 0 Å². The van der Waals surface area contributed by atoms with Crippen LogP contribution in [0.3, 0.4) is 0 Å². The van der Waals surface area contributed by atoms with Crippen molar-refractivity contribution < 1.29 is 9.59 Å². The average molecular weight is 149 g/mol. The predicted molar refractivity (Wildman–Crippen MR) is 51.5 cm³/mol. The Kier molecular flexibility index (Phi) is 3.72. The van der Waals surface area contributed by atoms with Crippen molar-refractivity contribution in [3.8, 4) is 0 Å². The minimum Gasteiger partial charge on any atom is -0.393 e. The van der Waals surface area contributed by atoms with Crippen LogP contribution in [-0.2, 0) is 9.59 Å². The van der Waals surface area contributed by atoms with Crippen LogP contribution < -0.4 is 0 Å². The van der Waals surface area contributed by atoms with Crippen LogP contribution in [-0.4, -0.2) is 47.7 Å². The summed E-state index contributed by atoms with van der Waals surface area (Å²) in [5, 5.41) is 0. The van der Waals surface area contributed by atoms with Crippen LogP contribution in [0.2, 0.25) is 0 Å². The molecule has 0 rings (SSSR count). The molecule has 0 saturated carbocycles. The number of carbonyl (C=O) groups is 2. The fourth-order valence-corrected chi connectivity index (χ4v) is 0.592. The standard InChI is InChI=1S/C5H10B3NO2/c1-9(8)5(11)4(7)3(6)2-10/h2H,6-8H2,1H3/b4-3-. The number of aldehydes is 1.